The first-order chi connectivity index (χ1) is 24.3. The van der Waals surface area contributed by atoms with E-state index in [0.717, 1.165) is 40.1 Å². The van der Waals surface area contributed by atoms with E-state index in [1.54, 1.807) is 0 Å². The predicted octanol–water partition coefficient (Wildman–Crippen LogP) is 12.5. The van der Waals surface area contributed by atoms with Crippen LogP contribution in [0.5, 0.6) is 0 Å². The number of hydrogen-bond donors (Lipinski definition) is 0. The van der Waals surface area contributed by atoms with Gasteiger partial charge < -0.3 is 9.32 Å². The predicted molar refractivity (Wildman–Crippen MR) is 203 cm³/mol. The maximum absolute atomic E-state index is 6.56. The number of nitrogens with zero attached hydrogens (tertiary/aromatic N) is 2. The van der Waals surface area contributed by atoms with Crippen molar-refractivity contribution in [2.75, 3.05) is 4.90 Å². The summed E-state index contributed by atoms with van der Waals surface area (Å²) in [5.74, 6) is 0.609. The van der Waals surface area contributed by atoms with Crippen molar-refractivity contribution in [3.05, 3.63) is 181 Å². The van der Waals surface area contributed by atoms with E-state index in [9.17, 15) is 0 Å². The first kappa shape index (κ1) is 27.6. The number of para-hydroxylation sites is 2. The van der Waals surface area contributed by atoms with Gasteiger partial charge in [-0.2, -0.15) is 0 Å². The third-order valence-corrected chi connectivity index (χ3v) is 9.91. The van der Waals surface area contributed by atoms with Crippen LogP contribution in [0.3, 0.4) is 0 Å². The lowest BCUT2D eigenvalue weighted by Crippen LogP contribution is -2.11. The average molecular weight is 627 g/mol. The van der Waals surface area contributed by atoms with Crippen LogP contribution in [-0.2, 0) is 6.42 Å². The van der Waals surface area contributed by atoms with E-state index in [0.29, 0.717) is 5.89 Å². The highest BCUT2D eigenvalue weighted by atomic mass is 16.3. The highest BCUT2D eigenvalue weighted by Gasteiger charge is 2.25. The maximum atomic E-state index is 6.56. The van der Waals surface area contributed by atoms with Gasteiger partial charge >= 0.3 is 0 Å². The van der Waals surface area contributed by atoms with Gasteiger partial charge in [-0.1, -0.05) is 121 Å². The quantitative estimate of drug-likeness (QED) is 0.190. The van der Waals surface area contributed by atoms with Crippen LogP contribution in [0, 0.1) is 0 Å². The first-order valence-electron chi connectivity index (χ1n) is 16.8. The molecule has 0 saturated heterocycles. The van der Waals surface area contributed by atoms with Gasteiger partial charge in [0.25, 0.3) is 0 Å². The van der Waals surface area contributed by atoms with E-state index in [2.05, 4.69) is 150 Å². The Hall–Kier alpha value is -6.45. The van der Waals surface area contributed by atoms with Crippen LogP contribution in [0.25, 0.3) is 66.4 Å². The number of fused-ring (bicyclic) bond motifs is 7. The molecule has 1 aromatic heterocycles. The zero-order valence-electron chi connectivity index (χ0n) is 26.7. The summed E-state index contributed by atoms with van der Waals surface area (Å²) in [6.07, 6.45) is 0.907. The van der Waals surface area contributed by atoms with Gasteiger partial charge in [-0.05, 0) is 110 Å². The van der Waals surface area contributed by atoms with E-state index in [1.165, 1.54) is 54.9 Å². The van der Waals surface area contributed by atoms with Crippen molar-refractivity contribution < 1.29 is 4.42 Å². The van der Waals surface area contributed by atoms with Gasteiger partial charge in [-0.15, -0.1) is 0 Å². The molecule has 0 bridgehead atoms. The Bertz CT molecular complexity index is 2660. The number of rotatable bonds is 5. The molecule has 8 aromatic carbocycles. The van der Waals surface area contributed by atoms with Gasteiger partial charge in [-0.3, -0.25) is 0 Å². The molecule has 0 atom stereocenters. The lowest BCUT2D eigenvalue weighted by atomic mass is 9.95. The Morgan fingerprint density at radius 2 is 1.20 bits per heavy atom. The lowest BCUT2D eigenvalue weighted by molar-refractivity contribution is 0.620. The van der Waals surface area contributed by atoms with Gasteiger partial charge in [0.2, 0.25) is 5.89 Å². The van der Waals surface area contributed by atoms with Crippen LogP contribution in [0.4, 0.5) is 17.1 Å². The van der Waals surface area contributed by atoms with Gasteiger partial charge in [-0.25, -0.2) is 4.98 Å². The topological polar surface area (TPSA) is 29.3 Å². The van der Waals surface area contributed by atoms with E-state index in [-0.39, 0.29) is 0 Å². The number of oxazole rings is 1. The first-order valence-corrected chi connectivity index (χ1v) is 16.8. The Balaban J connectivity index is 1.24. The van der Waals surface area contributed by atoms with Crippen molar-refractivity contribution in [2.45, 2.75) is 6.42 Å². The molecule has 0 radical (unpaired) electrons. The summed E-state index contributed by atoms with van der Waals surface area (Å²) >= 11 is 0. The summed E-state index contributed by atoms with van der Waals surface area (Å²) in [6.45, 7) is 0. The van der Waals surface area contributed by atoms with E-state index in [1.807, 2.05) is 24.3 Å². The monoisotopic (exact) mass is 626 g/mol. The van der Waals surface area contributed by atoms with Crippen molar-refractivity contribution in [3.8, 4) is 33.7 Å². The van der Waals surface area contributed by atoms with Crippen molar-refractivity contribution in [3.63, 3.8) is 0 Å². The number of aromatic nitrogens is 1. The molecule has 3 nitrogen and oxygen atoms in total. The molecule has 0 aliphatic heterocycles. The standard InChI is InChI=1S/C46H30N2O/c1-2-10-30(11-3-1)32-18-22-36(23-19-32)48(37-24-20-31-12-4-5-13-33(31)26-37)44-28-35-21-25-39-38-15-7-6-14-34(38)27-41(39)40(35)29-42(44)46-47-43-16-8-9-17-45(43)49-46/h1-26,28-29H,27H2. The summed E-state index contributed by atoms with van der Waals surface area (Å²) in [5, 5.41) is 4.81. The Labute approximate surface area is 284 Å². The molecule has 1 aliphatic rings. The van der Waals surface area contributed by atoms with Crippen molar-refractivity contribution in [1.82, 2.24) is 4.98 Å². The van der Waals surface area contributed by atoms with Crippen LogP contribution in [-0.4, -0.2) is 4.98 Å². The normalized spacial score (nSPS) is 12.0. The lowest BCUT2D eigenvalue weighted by Gasteiger charge is -2.28. The van der Waals surface area contributed by atoms with Crippen LogP contribution in [0.15, 0.2) is 174 Å². The molecule has 0 fully saturated rings. The van der Waals surface area contributed by atoms with Crippen LogP contribution >= 0.6 is 0 Å². The molecule has 1 heterocycles. The third-order valence-electron chi connectivity index (χ3n) is 9.91. The molecule has 0 spiro atoms. The molecule has 0 unspecified atom stereocenters. The van der Waals surface area contributed by atoms with Crippen molar-refractivity contribution >= 4 is 49.7 Å². The van der Waals surface area contributed by atoms with E-state index in [4.69, 9.17) is 9.40 Å². The van der Waals surface area contributed by atoms with Crippen LogP contribution in [0.2, 0.25) is 0 Å². The molecule has 0 saturated carbocycles. The average Bonchev–Trinajstić information content (AvgIpc) is 3.77. The fraction of sp³-hybridized carbons (Fsp3) is 0.0217. The highest BCUT2D eigenvalue weighted by Crippen LogP contribution is 2.47. The molecule has 0 N–H and O–H groups in total. The Morgan fingerprint density at radius 3 is 2.08 bits per heavy atom. The maximum Gasteiger partial charge on any atom is 0.229 e. The second kappa shape index (κ2) is 11.1. The van der Waals surface area contributed by atoms with Crippen molar-refractivity contribution in [1.29, 1.82) is 0 Å². The minimum Gasteiger partial charge on any atom is -0.436 e. The Morgan fingerprint density at radius 1 is 0.490 bits per heavy atom. The molecule has 1 aliphatic carbocycles. The van der Waals surface area contributed by atoms with Gasteiger partial charge in [0.05, 0.1) is 11.3 Å². The molecule has 10 rings (SSSR count). The molecule has 9 aromatic rings. The molecular weight excluding hydrogens is 597 g/mol. The minimum absolute atomic E-state index is 0.609. The summed E-state index contributed by atoms with van der Waals surface area (Å²) in [5.41, 5.74) is 13.4. The van der Waals surface area contributed by atoms with Crippen LogP contribution in [0.1, 0.15) is 11.1 Å². The number of benzene rings is 8. The molecule has 0 amide bonds. The minimum atomic E-state index is 0.609. The fourth-order valence-corrected chi connectivity index (χ4v) is 7.51. The largest absolute Gasteiger partial charge is 0.436 e. The Kier molecular flexibility index (Phi) is 6.25. The summed E-state index contributed by atoms with van der Waals surface area (Å²) in [4.78, 5) is 7.42. The van der Waals surface area contributed by atoms with Gasteiger partial charge in [0.15, 0.2) is 5.58 Å². The highest BCUT2D eigenvalue weighted by molar-refractivity contribution is 6.03. The summed E-state index contributed by atoms with van der Waals surface area (Å²) < 4.78 is 6.56. The van der Waals surface area contributed by atoms with Crippen LogP contribution < -0.4 is 4.90 Å². The zero-order chi connectivity index (χ0) is 32.3. The molecule has 230 valence electrons. The zero-order valence-corrected chi connectivity index (χ0v) is 26.7. The molecular formula is C46H30N2O. The molecule has 49 heavy (non-hydrogen) atoms. The van der Waals surface area contributed by atoms with Crippen molar-refractivity contribution in [2.24, 2.45) is 0 Å². The second-order valence-electron chi connectivity index (χ2n) is 12.8. The second-order valence-corrected chi connectivity index (χ2v) is 12.8. The smallest absolute Gasteiger partial charge is 0.229 e. The molecule has 3 heteroatoms. The summed E-state index contributed by atoms with van der Waals surface area (Å²) in [7, 11) is 0. The van der Waals surface area contributed by atoms with Gasteiger partial charge in [0, 0.05) is 11.4 Å². The van der Waals surface area contributed by atoms with E-state index < -0.39 is 0 Å². The van der Waals surface area contributed by atoms with E-state index >= 15 is 0 Å². The third kappa shape index (κ3) is 4.62. The van der Waals surface area contributed by atoms with Gasteiger partial charge in [0.1, 0.15) is 5.52 Å². The SMILES string of the molecule is c1ccc(-c2ccc(N(c3ccc4ccccc4c3)c3cc4ccc5c(c4cc3-c3nc4ccccc4o3)Cc3ccccc3-5)cc2)cc1. The summed E-state index contributed by atoms with van der Waals surface area (Å²) in [6, 6.07) is 60.6. The fourth-order valence-electron chi connectivity index (χ4n) is 7.51. The number of anilines is 3. The number of hydrogen-bond acceptors (Lipinski definition) is 3.